The van der Waals surface area contributed by atoms with Crippen LogP contribution in [-0.2, 0) is 4.79 Å². The van der Waals surface area contributed by atoms with Crippen molar-refractivity contribution >= 4 is 38.3 Å². The minimum atomic E-state index is -0.0368. The van der Waals surface area contributed by atoms with Crippen LogP contribution in [0.4, 0.5) is 5.69 Å². The van der Waals surface area contributed by atoms with Gasteiger partial charge < -0.3 is 5.32 Å². The van der Waals surface area contributed by atoms with Gasteiger partial charge in [-0.25, -0.2) is 0 Å². The molecule has 0 bridgehead atoms. The zero-order valence-electron chi connectivity index (χ0n) is 8.03. The van der Waals surface area contributed by atoms with Gasteiger partial charge in [0.05, 0.1) is 5.33 Å². The Kier molecular flexibility index (Phi) is 3.02. The Morgan fingerprint density at radius 3 is 2.60 bits per heavy atom. The fraction of sp³-hybridized carbons (Fsp3) is 0.0833. The average molecular weight is 264 g/mol. The second kappa shape index (κ2) is 4.45. The van der Waals surface area contributed by atoms with Gasteiger partial charge in [0.25, 0.3) is 0 Å². The largest absolute Gasteiger partial charge is 0.325 e. The summed E-state index contributed by atoms with van der Waals surface area (Å²) in [6, 6.07) is 13.9. The van der Waals surface area contributed by atoms with Crippen molar-refractivity contribution in [1.29, 1.82) is 0 Å². The number of rotatable bonds is 2. The van der Waals surface area contributed by atoms with E-state index in [1.807, 2.05) is 42.5 Å². The van der Waals surface area contributed by atoms with Crippen molar-refractivity contribution in [2.24, 2.45) is 0 Å². The Bertz CT molecular complexity index is 496. The van der Waals surface area contributed by atoms with E-state index in [2.05, 4.69) is 21.2 Å². The summed E-state index contributed by atoms with van der Waals surface area (Å²) >= 11 is 3.11. The summed E-state index contributed by atoms with van der Waals surface area (Å²) in [6.07, 6.45) is 0. The number of halogens is 1. The summed E-state index contributed by atoms with van der Waals surface area (Å²) in [5.41, 5.74) is 0.832. The summed E-state index contributed by atoms with van der Waals surface area (Å²) < 4.78 is 0. The molecule has 1 N–H and O–H groups in total. The Hall–Kier alpha value is -1.35. The van der Waals surface area contributed by atoms with E-state index in [9.17, 15) is 4.79 Å². The van der Waals surface area contributed by atoms with Crippen LogP contribution in [0.25, 0.3) is 10.8 Å². The first-order valence-corrected chi connectivity index (χ1v) is 5.76. The van der Waals surface area contributed by atoms with E-state index >= 15 is 0 Å². The molecule has 0 aliphatic rings. The molecule has 0 aromatic heterocycles. The number of carbonyl (C=O) groups excluding carboxylic acids is 1. The van der Waals surface area contributed by atoms with Crippen molar-refractivity contribution in [3.63, 3.8) is 0 Å². The topological polar surface area (TPSA) is 29.1 Å². The highest BCUT2D eigenvalue weighted by atomic mass is 79.9. The molecule has 0 spiro atoms. The highest BCUT2D eigenvalue weighted by Crippen LogP contribution is 2.18. The summed E-state index contributed by atoms with van der Waals surface area (Å²) in [6.45, 7) is 0. The van der Waals surface area contributed by atoms with Gasteiger partial charge in [-0.1, -0.05) is 46.3 Å². The maximum atomic E-state index is 11.2. The number of alkyl halides is 1. The van der Waals surface area contributed by atoms with Gasteiger partial charge in [0.15, 0.2) is 0 Å². The third kappa shape index (κ3) is 2.36. The number of anilines is 1. The minimum Gasteiger partial charge on any atom is -0.325 e. The zero-order valence-corrected chi connectivity index (χ0v) is 9.62. The van der Waals surface area contributed by atoms with Crippen LogP contribution in [0, 0.1) is 0 Å². The molecule has 76 valence electrons. The van der Waals surface area contributed by atoms with Crippen molar-refractivity contribution in [1.82, 2.24) is 0 Å². The van der Waals surface area contributed by atoms with E-state index < -0.39 is 0 Å². The normalized spacial score (nSPS) is 10.2. The SMILES string of the molecule is O=C(CBr)Nc1ccc2ccccc2c1. The third-order valence-electron chi connectivity index (χ3n) is 2.15. The molecule has 1 amide bonds. The summed E-state index contributed by atoms with van der Waals surface area (Å²) in [5.74, 6) is -0.0368. The Balaban J connectivity index is 2.34. The number of nitrogens with one attached hydrogen (secondary N) is 1. The van der Waals surface area contributed by atoms with E-state index in [-0.39, 0.29) is 5.91 Å². The van der Waals surface area contributed by atoms with E-state index in [0.29, 0.717) is 5.33 Å². The van der Waals surface area contributed by atoms with Crippen molar-refractivity contribution in [3.8, 4) is 0 Å². The second-order valence-electron chi connectivity index (χ2n) is 3.24. The van der Waals surface area contributed by atoms with Gasteiger partial charge >= 0.3 is 0 Å². The molecule has 0 aliphatic heterocycles. The molecule has 0 fully saturated rings. The van der Waals surface area contributed by atoms with Crippen LogP contribution >= 0.6 is 15.9 Å². The maximum Gasteiger partial charge on any atom is 0.235 e. The molecule has 2 aromatic rings. The van der Waals surface area contributed by atoms with Gasteiger partial charge in [-0.2, -0.15) is 0 Å². The van der Waals surface area contributed by atoms with E-state index in [0.717, 1.165) is 11.1 Å². The van der Waals surface area contributed by atoms with Crippen LogP contribution in [0.5, 0.6) is 0 Å². The Morgan fingerprint density at radius 1 is 1.13 bits per heavy atom. The third-order valence-corrected chi connectivity index (χ3v) is 2.66. The molecule has 0 unspecified atom stereocenters. The molecule has 0 saturated carbocycles. The molecule has 0 atom stereocenters. The molecule has 2 aromatic carbocycles. The van der Waals surface area contributed by atoms with Crippen LogP contribution in [0.15, 0.2) is 42.5 Å². The first-order valence-electron chi connectivity index (χ1n) is 4.64. The smallest absolute Gasteiger partial charge is 0.235 e. The standard InChI is InChI=1S/C12H10BrNO/c13-8-12(15)14-11-6-5-9-3-1-2-4-10(9)7-11/h1-7H,8H2,(H,14,15). The molecule has 0 saturated heterocycles. The lowest BCUT2D eigenvalue weighted by Crippen LogP contribution is -2.11. The van der Waals surface area contributed by atoms with Crippen molar-refractivity contribution < 1.29 is 4.79 Å². The fourth-order valence-corrected chi connectivity index (χ4v) is 1.60. The molecular formula is C12H10BrNO. The Morgan fingerprint density at radius 2 is 1.87 bits per heavy atom. The number of hydrogen-bond donors (Lipinski definition) is 1. The number of amides is 1. The molecule has 0 aliphatic carbocycles. The molecule has 15 heavy (non-hydrogen) atoms. The number of benzene rings is 2. The van der Waals surface area contributed by atoms with Gasteiger partial charge in [0.1, 0.15) is 0 Å². The summed E-state index contributed by atoms with van der Waals surface area (Å²) in [4.78, 5) is 11.2. The minimum absolute atomic E-state index is 0.0368. The van der Waals surface area contributed by atoms with Gasteiger partial charge in [0.2, 0.25) is 5.91 Å². The Labute approximate surface area is 96.4 Å². The zero-order chi connectivity index (χ0) is 10.7. The predicted octanol–water partition coefficient (Wildman–Crippen LogP) is 3.17. The average Bonchev–Trinajstić information content (AvgIpc) is 2.29. The lowest BCUT2D eigenvalue weighted by molar-refractivity contribution is -0.113. The van der Waals surface area contributed by atoms with Crippen LogP contribution in [0.2, 0.25) is 0 Å². The van der Waals surface area contributed by atoms with E-state index in [1.54, 1.807) is 0 Å². The van der Waals surface area contributed by atoms with Gasteiger partial charge in [-0.3, -0.25) is 4.79 Å². The van der Waals surface area contributed by atoms with Crippen LogP contribution in [0.3, 0.4) is 0 Å². The molecule has 0 radical (unpaired) electrons. The summed E-state index contributed by atoms with van der Waals surface area (Å²) in [5, 5.41) is 5.42. The predicted molar refractivity (Wildman–Crippen MR) is 66.4 cm³/mol. The highest BCUT2D eigenvalue weighted by molar-refractivity contribution is 9.09. The molecule has 0 heterocycles. The van der Waals surface area contributed by atoms with Crippen molar-refractivity contribution in [3.05, 3.63) is 42.5 Å². The quantitative estimate of drug-likeness (QED) is 0.829. The molecular weight excluding hydrogens is 254 g/mol. The summed E-state index contributed by atoms with van der Waals surface area (Å²) in [7, 11) is 0. The van der Waals surface area contributed by atoms with Crippen LogP contribution in [-0.4, -0.2) is 11.2 Å². The second-order valence-corrected chi connectivity index (χ2v) is 3.80. The van der Waals surface area contributed by atoms with E-state index in [1.165, 1.54) is 5.39 Å². The first-order chi connectivity index (χ1) is 7.29. The molecule has 3 heteroatoms. The molecule has 2 nitrogen and oxygen atoms in total. The van der Waals surface area contributed by atoms with E-state index in [4.69, 9.17) is 0 Å². The number of hydrogen-bond acceptors (Lipinski definition) is 1. The molecule has 2 rings (SSSR count). The highest BCUT2D eigenvalue weighted by Gasteiger charge is 2.00. The van der Waals surface area contributed by atoms with Crippen molar-refractivity contribution in [2.75, 3.05) is 10.6 Å². The monoisotopic (exact) mass is 263 g/mol. The first kappa shape index (κ1) is 10.2. The van der Waals surface area contributed by atoms with Gasteiger partial charge in [0, 0.05) is 5.69 Å². The van der Waals surface area contributed by atoms with Crippen molar-refractivity contribution in [2.45, 2.75) is 0 Å². The van der Waals surface area contributed by atoms with Crippen LogP contribution in [0.1, 0.15) is 0 Å². The van der Waals surface area contributed by atoms with Crippen LogP contribution < -0.4 is 5.32 Å². The lowest BCUT2D eigenvalue weighted by atomic mass is 10.1. The number of carbonyl (C=O) groups is 1. The van der Waals surface area contributed by atoms with Gasteiger partial charge in [-0.15, -0.1) is 0 Å². The van der Waals surface area contributed by atoms with Gasteiger partial charge in [-0.05, 0) is 22.9 Å². The maximum absolute atomic E-state index is 11.2. The number of fused-ring (bicyclic) bond motifs is 1. The fourth-order valence-electron chi connectivity index (χ4n) is 1.46. The lowest BCUT2D eigenvalue weighted by Gasteiger charge is -2.04.